The molecule has 0 fully saturated rings. The fourth-order valence-corrected chi connectivity index (χ4v) is 3.46. The van der Waals surface area contributed by atoms with Gasteiger partial charge in [-0.2, -0.15) is 30.0 Å². The highest BCUT2D eigenvalue weighted by molar-refractivity contribution is 7.98. The number of halogens is 3. The number of rotatable bonds is 7. The minimum Gasteiger partial charge on any atom is -0.351 e. The number of alkyl halides is 3. The number of hydrogen-bond donors (Lipinski definition) is 1. The van der Waals surface area contributed by atoms with E-state index < -0.39 is 11.7 Å². The van der Waals surface area contributed by atoms with Crippen LogP contribution in [0.25, 0.3) is 5.82 Å². The van der Waals surface area contributed by atoms with Gasteiger partial charge in [0.2, 0.25) is 0 Å². The predicted molar refractivity (Wildman–Crippen MR) is 106 cm³/mol. The van der Waals surface area contributed by atoms with Crippen LogP contribution in [0.5, 0.6) is 0 Å². The Morgan fingerprint density at radius 1 is 1.14 bits per heavy atom. The zero-order valence-electron chi connectivity index (χ0n) is 15.6. The summed E-state index contributed by atoms with van der Waals surface area (Å²) in [5.41, 5.74) is 1.26. The Kier molecular flexibility index (Phi) is 6.58. The first-order valence-electron chi connectivity index (χ1n) is 8.84. The van der Waals surface area contributed by atoms with Crippen LogP contribution in [0.3, 0.4) is 0 Å². The molecule has 0 saturated heterocycles. The summed E-state index contributed by atoms with van der Waals surface area (Å²) in [6.45, 7) is 2.17. The van der Waals surface area contributed by atoms with Crippen molar-refractivity contribution in [1.82, 2.24) is 20.1 Å². The number of hydrogen-bond acceptors (Lipinski definition) is 4. The number of thioether (sulfide) groups is 1. The molecule has 1 N–H and O–H groups in total. The maximum absolute atomic E-state index is 12.7. The van der Waals surface area contributed by atoms with Gasteiger partial charge in [-0.15, -0.1) is 0 Å². The van der Waals surface area contributed by atoms with E-state index in [2.05, 4.69) is 27.5 Å². The smallest absolute Gasteiger partial charge is 0.351 e. The molecule has 0 atom stereocenters. The predicted octanol–water partition coefficient (Wildman–Crippen LogP) is 4.26. The highest BCUT2D eigenvalue weighted by atomic mass is 32.2. The quantitative estimate of drug-likeness (QED) is 0.581. The number of carbonyl (C=O) groups is 1. The Morgan fingerprint density at radius 3 is 2.55 bits per heavy atom. The van der Waals surface area contributed by atoms with Crippen LogP contribution < -0.4 is 5.32 Å². The number of benzene rings is 1. The van der Waals surface area contributed by atoms with Gasteiger partial charge in [-0.1, -0.05) is 30.3 Å². The number of pyridine rings is 1. The lowest BCUT2D eigenvalue weighted by Gasteiger charge is -2.08. The summed E-state index contributed by atoms with van der Waals surface area (Å²) in [4.78, 5) is 16.2. The van der Waals surface area contributed by atoms with Crippen molar-refractivity contribution in [3.63, 3.8) is 0 Å². The lowest BCUT2D eigenvalue weighted by molar-refractivity contribution is -0.137. The molecule has 0 saturated carbocycles. The molecule has 3 aromatic rings. The van der Waals surface area contributed by atoms with Gasteiger partial charge in [-0.25, -0.2) is 9.67 Å². The summed E-state index contributed by atoms with van der Waals surface area (Å²) in [5, 5.41) is 6.93. The first-order valence-corrected chi connectivity index (χ1v) is 10.00. The molecule has 5 nitrogen and oxygen atoms in total. The molecule has 2 aromatic heterocycles. The molecule has 0 bridgehead atoms. The number of nitrogens with zero attached hydrogens (tertiary/aromatic N) is 3. The van der Waals surface area contributed by atoms with Crippen molar-refractivity contribution in [3.05, 3.63) is 77.2 Å². The minimum atomic E-state index is -4.45. The van der Waals surface area contributed by atoms with Crippen molar-refractivity contribution in [3.8, 4) is 5.82 Å². The van der Waals surface area contributed by atoms with Crippen LogP contribution in [0.1, 0.15) is 27.2 Å². The molecule has 152 valence electrons. The van der Waals surface area contributed by atoms with Gasteiger partial charge in [-0.05, 0) is 24.6 Å². The van der Waals surface area contributed by atoms with Gasteiger partial charge in [0, 0.05) is 24.2 Å². The first kappa shape index (κ1) is 20.9. The molecule has 0 spiro atoms. The van der Waals surface area contributed by atoms with Crippen molar-refractivity contribution in [2.45, 2.75) is 18.9 Å². The van der Waals surface area contributed by atoms with Crippen LogP contribution in [0.4, 0.5) is 13.2 Å². The van der Waals surface area contributed by atoms with Crippen LogP contribution in [-0.2, 0) is 11.9 Å². The summed E-state index contributed by atoms with van der Waals surface area (Å²) < 4.78 is 39.3. The van der Waals surface area contributed by atoms with Crippen LogP contribution in [-0.4, -0.2) is 33.0 Å². The lowest BCUT2D eigenvalue weighted by atomic mass is 10.2. The number of amides is 1. The van der Waals surface area contributed by atoms with Crippen molar-refractivity contribution >= 4 is 17.7 Å². The average molecular weight is 420 g/mol. The summed E-state index contributed by atoms with van der Waals surface area (Å²) in [6.07, 6.45) is -2.31. The van der Waals surface area contributed by atoms with E-state index in [9.17, 15) is 18.0 Å². The fraction of sp³-hybridized carbons (Fsp3) is 0.250. The minimum absolute atomic E-state index is 0.216. The van der Waals surface area contributed by atoms with E-state index >= 15 is 0 Å². The SMILES string of the molecule is Cc1c(C(=O)NCCSCc2ccccc2)cnn1-c1ccc(C(F)(F)F)cn1. The highest BCUT2D eigenvalue weighted by Gasteiger charge is 2.30. The molecule has 0 aliphatic rings. The van der Waals surface area contributed by atoms with Gasteiger partial charge >= 0.3 is 6.18 Å². The molecule has 9 heteroatoms. The zero-order valence-corrected chi connectivity index (χ0v) is 16.4. The normalized spacial score (nSPS) is 11.4. The Morgan fingerprint density at radius 2 is 1.90 bits per heavy atom. The number of aromatic nitrogens is 3. The maximum atomic E-state index is 12.7. The summed E-state index contributed by atoms with van der Waals surface area (Å²) >= 11 is 1.72. The van der Waals surface area contributed by atoms with E-state index in [1.54, 1.807) is 18.7 Å². The summed E-state index contributed by atoms with van der Waals surface area (Å²) in [6, 6.07) is 12.2. The van der Waals surface area contributed by atoms with Gasteiger partial charge in [0.25, 0.3) is 5.91 Å². The number of carbonyl (C=O) groups excluding carboxylic acids is 1. The molecule has 1 amide bonds. The average Bonchev–Trinajstić information content (AvgIpc) is 3.09. The Balaban J connectivity index is 1.55. The fourth-order valence-electron chi connectivity index (χ4n) is 2.64. The highest BCUT2D eigenvalue weighted by Crippen LogP contribution is 2.28. The third-order valence-corrected chi connectivity index (χ3v) is 5.22. The van der Waals surface area contributed by atoms with Gasteiger partial charge in [-0.3, -0.25) is 4.79 Å². The van der Waals surface area contributed by atoms with E-state index in [0.29, 0.717) is 17.8 Å². The Hall–Kier alpha value is -2.81. The molecule has 3 rings (SSSR count). The van der Waals surface area contributed by atoms with E-state index in [0.717, 1.165) is 23.8 Å². The monoisotopic (exact) mass is 420 g/mol. The van der Waals surface area contributed by atoms with Gasteiger partial charge in [0.15, 0.2) is 5.82 Å². The van der Waals surface area contributed by atoms with Crippen molar-refractivity contribution < 1.29 is 18.0 Å². The van der Waals surface area contributed by atoms with Crippen LogP contribution in [0, 0.1) is 6.92 Å². The topological polar surface area (TPSA) is 59.8 Å². The molecule has 0 radical (unpaired) electrons. The Bertz CT molecular complexity index is 956. The van der Waals surface area contributed by atoms with Gasteiger partial charge < -0.3 is 5.32 Å². The largest absolute Gasteiger partial charge is 0.417 e. The summed E-state index contributed by atoms with van der Waals surface area (Å²) in [7, 11) is 0. The molecule has 0 aliphatic heterocycles. The standard InChI is InChI=1S/C20H19F3N4OS/c1-14-17(19(28)24-9-10-29-13-15-5-3-2-4-6-15)12-26-27(14)18-8-7-16(11-25-18)20(21,22)23/h2-8,11-12H,9-10,13H2,1H3,(H,24,28). The molecular weight excluding hydrogens is 401 g/mol. The van der Waals surface area contributed by atoms with Crippen molar-refractivity contribution in [1.29, 1.82) is 0 Å². The van der Waals surface area contributed by atoms with Gasteiger partial charge in [0.1, 0.15) is 0 Å². The zero-order chi connectivity index (χ0) is 20.9. The van der Waals surface area contributed by atoms with Crippen molar-refractivity contribution in [2.24, 2.45) is 0 Å². The molecule has 0 aliphatic carbocycles. The van der Waals surface area contributed by atoms with Gasteiger partial charge in [0.05, 0.1) is 23.0 Å². The van der Waals surface area contributed by atoms with E-state index in [-0.39, 0.29) is 11.7 Å². The van der Waals surface area contributed by atoms with E-state index in [4.69, 9.17) is 0 Å². The number of nitrogens with one attached hydrogen (secondary N) is 1. The van der Waals surface area contributed by atoms with Crippen LogP contribution in [0.15, 0.2) is 54.9 Å². The second kappa shape index (κ2) is 9.13. The van der Waals surface area contributed by atoms with Crippen LogP contribution in [0.2, 0.25) is 0 Å². The second-order valence-electron chi connectivity index (χ2n) is 6.25. The molecule has 29 heavy (non-hydrogen) atoms. The van der Waals surface area contributed by atoms with E-state index in [1.807, 2.05) is 18.2 Å². The second-order valence-corrected chi connectivity index (χ2v) is 7.36. The maximum Gasteiger partial charge on any atom is 0.417 e. The lowest BCUT2D eigenvalue weighted by Crippen LogP contribution is -2.26. The third-order valence-electron chi connectivity index (χ3n) is 4.19. The summed E-state index contributed by atoms with van der Waals surface area (Å²) in [5.74, 6) is 1.57. The van der Waals surface area contributed by atoms with Crippen LogP contribution >= 0.6 is 11.8 Å². The molecule has 2 heterocycles. The molecule has 0 unspecified atom stereocenters. The van der Waals surface area contributed by atoms with Crippen molar-refractivity contribution in [2.75, 3.05) is 12.3 Å². The first-order chi connectivity index (χ1) is 13.9. The van der Waals surface area contributed by atoms with E-state index in [1.165, 1.54) is 22.5 Å². The Labute approximate surface area is 170 Å². The molecule has 1 aromatic carbocycles. The molecular formula is C20H19F3N4OS. The third kappa shape index (κ3) is 5.38.